The molecule has 1 aliphatic heterocycles. The van der Waals surface area contributed by atoms with Gasteiger partial charge in [0, 0.05) is 12.0 Å². The largest absolute Gasteiger partial charge is 0.489 e. The zero-order valence-corrected chi connectivity index (χ0v) is 11.8. The predicted octanol–water partition coefficient (Wildman–Crippen LogP) is 2.83. The maximum atomic E-state index is 6.30. The SMILES string of the molecule is CCc1c(CCNC)cc(Cl)c2c1OCCCO2. The van der Waals surface area contributed by atoms with Crippen molar-refractivity contribution in [2.45, 2.75) is 26.2 Å². The Labute approximate surface area is 113 Å². The Morgan fingerprint density at radius 1 is 1.28 bits per heavy atom. The average Bonchev–Trinajstić information content (AvgIpc) is 2.62. The molecule has 0 bridgehead atoms. The first kappa shape index (κ1) is 13.5. The van der Waals surface area contributed by atoms with Crippen LogP contribution in [0.2, 0.25) is 5.02 Å². The van der Waals surface area contributed by atoms with Crippen LogP contribution in [0.3, 0.4) is 0 Å². The molecule has 4 heteroatoms. The second kappa shape index (κ2) is 6.30. The molecule has 1 aromatic rings. The Morgan fingerprint density at radius 2 is 2.00 bits per heavy atom. The van der Waals surface area contributed by atoms with E-state index in [2.05, 4.69) is 12.2 Å². The zero-order valence-electron chi connectivity index (χ0n) is 11.0. The van der Waals surface area contributed by atoms with Gasteiger partial charge in [-0.05, 0) is 38.1 Å². The van der Waals surface area contributed by atoms with Gasteiger partial charge in [0.25, 0.3) is 0 Å². The highest BCUT2D eigenvalue weighted by molar-refractivity contribution is 6.32. The highest BCUT2D eigenvalue weighted by Gasteiger charge is 2.20. The van der Waals surface area contributed by atoms with E-state index in [4.69, 9.17) is 21.1 Å². The summed E-state index contributed by atoms with van der Waals surface area (Å²) in [6.07, 6.45) is 2.79. The molecule has 1 aliphatic rings. The summed E-state index contributed by atoms with van der Waals surface area (Å²) in [5, 5.41) is 3.83. The van der Waals surface area contributed by atoms with Crippen LogP contribution in [0.4, 0.5) is 0 Å². The Bertz CT molecular complexity index is 421. The molecular formula is C14H20ClNO2. The zero-order chi connectivity index (χ0) is 13.0. The van der Waals surface area contributed by atoms with Crippen LogP contribution in [0.1, 0.15) is 24.5 Å². The summed E-state index contributed by atoms with van der Waals surface area (Å²) >= 11 is 6.30. The van der Waals surface area contributed by atoms with E-state index in [9.17, 15) is 0 Å². The average molecular weight is 270 g/mol. The van der Waals surface area contributed by atoms with E-state index < -0.39 is 0 Å². The molecule has 0 atom stereocenters. The third kappa shape index (κ3) is 2.73. The van der Waals surface area contributed by atoms with E-state index >= 15 is 0 Å². The Morgan fingerprint density at radius 3 is 2.67 bits per heavy atom. The second-order valence-corrected chi connectivity index (χ2v) is 4.82. The molecule has 0 spiro atoms. The van der Waals surface area contributed by atoms with Crippen LogP contribution in [-0.2, 0) is 12.8 Å². The molecule has 0 amide bonds. The van der Waals surface area contributed by atoms with Crippen molar-refractivity contribution < 1.29 is 9.47 Å². The minimum Gasteiger partial charge on any atom is -0.489 e. The minimum atomic E-state index is 0.662. The van der Waals surface area contributed by atoms with E-state index in [0.717, 1.165) is 37.3 Å². The second-order valence-electron chi connectivity index (χ2n) is 4.41. The molecule has 1 aromatic carbocycles. The van der Waals surface area contributed by atoms with E-state index in [1.54, 1.807) is 0 Å². The molecule has 0 saturated heterocycles. The van der Waals surface area contributed by atoms with E-state index in [-0.39, 0.29) is 0 Å². The predicted molar refractivity (Wildman–Crippen MR) is 74.1 cm³/mol. The van der Waals surface area contributed by atoms with Crippen molar-refractivity contribution >= 4 is 11.6 Å². The van der Waals surface area contributed by atoms with Crippen molar-refractivity contribution in [1.82, 2.24) is 5.32 Å². The molecule has 0 unspecified atom stereocenters. The number of nitrogens with one attached hydrogen (secondary N) is 1. The summed E-state index contributed by atoms with van der Waals surface area (Å²) in [5.41, 5.74) is 2.48. The highest BCUT2D eigenvalue weighted by Crippen LogP contribution is 2.42. The van der Waals surface area contributed by atoms with E-state index in [0.29, 0.717) is 18.2 Å². The van der Waals surface area contributed by atoms with Gasteiger partial charge in [-0.25, -0.2) is 0 Å². The summed E-state index contributed by atoms with van der Waals surface area (Å²) in [6, 6.07) is 2.02. The molecule has 0 saturated carbocycles. The maximum absolute atomic E-state index is 6.30. The van der Waals surface area contributed by atoms with Gasteiger partial charge in [-0.1, -0.05) is 18.5 Å². The van der Waals surface area contributed by atoms with Crippen LogP contribution in [0.5, 0.6) is 11.5 Å². The number of hydrogen-bond donors (Lipinski definition) is 1. The molecule has 1 N–H and O–H groups in total. The molecule has 18 heavy (non-hydrogen) atoms. The van der Waals surface area contributed by atoms with Crippen LogP contribution in [0.15, 0.2) is 6.07 Å². The summed E-state index contributed by atoms with van der Waals surface area (Å²) in [4.78, 5) is 0. The van der Waals surface area contributed by atoms with Gasteiger partial charge in [0.05, 0.1) is 18.2 Å². The van der Waals surface area contributed by atoms with Crippen LogP contribution in [0.25, 0.3) is 0 Å². The summed E-state index contributed by atoms with van der Waals surface area (Å²) in [6.45, 7) is 4.45. The lowest BCUT2D eigenvalue weighted by molar-refractivity contribution is 0.296. The van der Waals surface area contributed by atoms with Gasteiger partial charge < -0.3 is 14.8 Å². The first-order valence-electron chi connectivity index (χ1n) is 6.52. The molecular weight excluding hydrogens is 250 g/mol. The van der Waals surface area contributed by atoms with Crippen LogP contribution < -0.4 is 14.8 Å². The number of rotatable bonds is 4. The van der Waals surface area contributed by atoms with Gasteiger partial charge in [0.15, 0.2) is 11.5 Å². The molecule has 100 valence electrons. The Balaban J connectivity index is 2.43. The third-order valence-electron chi connectivity index (χ3n) is 3.17. The molecule has 0 aromatic heterocycles. The third-order valence-corrected chi connectivity index (χ3v) is 3.45. The molecule has 1 heterocycles. The first-order valence-corrected chi connectivity index (χ1v) is 6.90. The van der Waals surface area contributed by atoms with E-state index in [1.807, 2.05) is 13.1 Å². The fraction of sp³-hybridized carbons (Fsp3) is 0.571. The summed E-state index contributed by atoms with van der Waals surface area (Å²) in [7, 11) is 1.95. The van der Waals surface area contributed by atoms with Crippen molar-refractivity contribution in [2.75, 3.05) is 26.8 Å². The lowest BCUT2D eigenvalue weighted by atomic mass is 10.0. The topological polar surface area (TPSA) is 30.5 Å². The highest BCUT2D eigenvalue weighted by atomic mass is 35.5. The van der Waals surface area contributed by atoms with Gasteiger partial charge in [-0.3, -0.25) is 0 Å². The molecule has 3 nitrogen and oxygen atoms in total. The van der Waals surface area contributed by atoms with Crippen molar-refractivity contribution in [1.29, 1.82) is 0 Å². The van der Waals surface area contributed by atoms with Crippen molar-refractivity contribution in [3.05, 3.63) is 22.2 Å². The number of benzene rings is 1. The maximum Gasteiger partial charge on any atom is 0.180 e. The molecule has 0 aliphatic carbocycles. The quantitative estimate of drug-likeness (QED) is 0.912. The normalized spacial score (nSPS) is 14.4. The fourth-order valence-electron chi connectivity index (χ4n) is 2.26. The van der Waals surface area contributed by atoms with Crippen LogP contribution in [-0.4, -0.2) is 26.8 Å². The van der Waals surface area contributed by atoms with Gasteiger partial charge >= 0.3 is 0 Å². The Kier molecular flexibility index (Phi) is 4.72. The molecule has 0 radical (unpaired) electrons. The van der Waals surface area contributed by atoms with Crippen LogP contribution >= 0.6 is 11.6 Å². The standard InChI is InChI=1S/C14H20ClNO2/c1-3-11-10(5-6-16-2)9-12(15)14-13(11)17-7-4-8-18-14/h9,16H,3-8H2,1-2H3. The van der Waals surface area contributed by atoms with E-state index in [1.165, 1.54) is 11.1 Å². The fourth-order valence-corrected chi connectivity index (χ4v) is 2.53. The lowest BCUT2D eigenvalue weighted by Gasteiger charge is -2.17. The Hall–Kier alpha value is -0.930. The lowest BCUT2D eigenvalue weighted by Crippen LogP contribution is -2.12. The minimum absolute atomic E-state index is 0.662. The monoisotopic (exact) mass is 269 g/mol. The van der Waals surface area contributed by atoms with Gasteiger partial charge in [-0.2, -0.15) is 0 Å². The van der Waals surface area contributed by atoms with Crippen LogP contribution in [0, 0.1) is 0 Å². The van der Waals surface area contributed by atoms with Gasteiger partial charge in [0.1, 0.15) is 0 Å². The van der Waals surface area contributed by atoms with Crippen molar-refractivity contribution in [3.63, 3.8) is 0 Å². The van der Waals surface area contributed by atoms with Gasteiger partial charge in [0.2, 0.25) is 0 Å². The molecule has 0 fully saturated rings. The number of hydrogen-bond acceptors (Lipinski definition) is 3. The number of likely N-dealkylation sites (N-methyl/N-ethyl adjacent to an activating group) is 1. The smallest absolute Gasteiger partial charge is 0.180 e. The first-order chi connectivity index (χ1) is 8.77. The molecule has 2 rings (SSSR count). The summed E-state index contributed by atoms with van der Waals surface area (Å²) in [5.74, 6) is 1.58. The van der Waals surface area contributed by atoms with Crippen molar-refractivity contribution in [2.24, 2.45) is 0 Å². The summed E-state index contributed by atoms with van der Waals surface area (Å²) < 4.78 is 11.6. The number of fused-ring (bicyclic) bond motifs is 1. The number of halogens is 1. The van der Waals surface area contributed by atoms with Crippen molar-refractivity contribution in [3.8, 4) is 11.5 Å². The number of ether oxygens (including phenoxy) is 2. The van der Waals surface area contributed by atoms with Gasteiger partial charge in [-0.15, -0.1) is 0 Å².